The SMILES string of the molecule is [2H]C([2H])([2H])NC(=O)c1nnc(NCc2ccc(OC)cc2)cc1Nc1ncccc1S(C)(=O)=O. The molecule has 31 heavy (non-hydrogen) atoms. The van der Waals surface area contributed by atoms with Gasteiger partial charge in [-0.1, -0.05) is 12.1 Å². The topological polar surface area (TPSA) is 135 Å². The Morgan fingerprint density at radius 2 is 1.97 bits per heavy atom. The molecule has 0 aliphatic carbocycles. The summed E-state index contributed by atoms with van der Waals surface area (Å²) in [5.74, 6) is -0.118. The fraction of sp³-hybridized carbons (Fsp3) is 0.200. The third-order valence-electron chi connectivity index (χ3n) is 4.18. The van der Waals surface area contributed by atoms with Crippen LogP contribution in [0.3, 0.4) is 0 Å². The molecule has 0 aliphatic rings. The quantitative estimate of drug-likeness (QED) is 0.476. The Labute approximate surface area is 184 Å². The molecule has 2 heterocycles. The molecule has 0 atom stereocenters. The first-order valence-electron chi connectivity index (χ1n) is 10.5. The molecule has 3 N–H and O–H groups in total. The lowest BCUT2D eigenvalue weighted by molar-refractivity contribution is 0.0958. The molecule has 0 fully saturated rings. The first-order chi connectivity index (χ1) is 16.0. The number of nitrogens with one attached hydrogen (secondary N) is 3. The molecule has 1 amide bonds. The van der Waals surface area contributed by atoms with Gasteiger partial charge in [-0.05, 0) is 29.8 Å². The minimum atomic E-state index is -3.66. The summed E-state index contributed by atoms with van der Waals surface area (Å²) in [6.07, 6.45) is 2.39. The fourth-order valence-corrected chi connectivity index (χ4v) is 3.43. The summed E-state index contributed by atoms with van der Waals surface area (Å²) >= 11 is 0. The Bertz CT molecular complexity index is 1280. The van der Waals surface area contributed by atoms with Crippen LogP contribution in [0, 0.1) is 0 Å². The molecule has 10 nitrogen and oxygen atoms in total. The lowest BCUT2D eigenvalue weighted by atomic mass is 10.2. The second kappa shape index (κ2) is 9.39. The summed E-state index contributed by atoms with van der Waals surface area (Å²) in [6.45, 7) is -2.40. The van der Waals surface area contributed by atoms with Gasteiger partial charge in [0.25, 0.3) is 5.91 Å². The molecule has 0 saturated heterocycles. The predicted octanol–water partition coefficient (Wildman–Crippen LogP) is 2.00. The monoisotopic (exact) mass is 445 g/mol. The summed E-state index contributed by atoms with van der Waals surface area (Å²) in [6, 6.07) is 11.5. The minimum Gasteiger partial charge on any atom is -0.497 e. The molecule has 0 unspecified atom stereocenters. The zero-order valence-electron chi connectivity index (χ0n) is 19.7. The van der Waals surface area contributed by atoms with Crippen LogP contribution < -0.4 is 20.7 Å². The fourth-order valence-electron chi connectivity index (χ4n) is 2.65. The van der Waals surface area contributed by atoms with Gasteiger partial charge in [-0.25, -0.2) is 13.4 Å². The number of carbonyl (C=O) groups is 1. The van der Waals surface area contributed by atoms with E-state index in [4.69, 9.17) is 8.85 Å². The van der Waals surface area contributed by atoms with Crippen LogP contribution in [-0.2, 0) is 16.4 Å². The smallest absolute Gasteiger partial charge is 0.273 e. The van der Waals surface area contributed by atoms with E-state index in [2.05, 4.69) is 25.8 Å². The van der Waals surface area contributed by atoms with Gasteiger partial charge in [0.2, 0.25) is 0 Å². The highest BCUT2D eigenvalue weighted by molar-refractivity contribution is 7.90. The molecule has 0 saturated carbocycles. The van der Waals surface area contributed by atoms with Crippen LogP contribution in [0.4, 0.5) is 17.3 Å². The van der Waals surface area contributed by atoms with Crippen LogP contribution in [-0.4, -0.2) is 49.8 Å². The average molecular weight is 446 g/mol. The molecule has 1 aromatic carbocycles. The van der Waals surface area contributed by atoms with Gasteiger partial charge >= 0.3 is 0 Å². The van der Waals surface area contributed by atoms with E-state index in [1.54, 1.807) is 19.2 Å². The number of methoxy groups -OCH3 is 1. The molecular formula is C20H22N6O4S. The largest absolute Gasteiger partial charge is 0.497 e. The maximum Gasteiger partial charge on any atom is 0.273 e. The van der Waals surface area contributed by atoms with Crippen LogP contribution in [0.1, 0.15) is 20.2 Å². The third kappa shape index (κ3) is 5.45. The van der Waals surface area contributed by atoms with Gasteiger partial charge in [0.15, 0.2) is 21.3 Å². The molecule has 0 spiro atoms. The van der Waals surface area contributed by atoms with Crippen molar-refractivity contribution in [2.24, 2.45) is 0 Å². The number of hydrogen-bond acceptors (Lipinski definition) is 9. The zero-order chi connectivity index (χ0) is 24.9. The van der Waals surface area contributed by atoms with Crippen LogP contribution in [0.5, 0.6) is 5.75 Å². The molecule has 2 aromatic heterocycles. The second-order valence-corrected chi connectivity index (χ2v) is 8.38. The van der Waals surface area contributed by atoms with E-state index in [1.165, 1.54) is 24.4 Å². The van der Waals surface area contributed by atoms with E-state index in [0.29, 0.717) is 12.3 Å². The molecule has 0 radical (unpaired) electrons. The van der Waals surface area contributed by atoms with Crippen LogP contribution in [0.15, 0.2) is 53.6 Å². The molecule has 0 bridgehead atoms. The highest BCUT2D eigenvalue weighted by Gasteiger charge is 2.19. The number of benzene rings is 1. The van der Waals surface area contributed by atoms with Gasteiger partial charge in [-0.2, -0.15) is 0 Å². The number of nitrogens with zero attached hydrogens (tertiary/aromatic N) is 3. The van der Waals surface area contributed by atoms with E-state index < -0.39 is 22.7 Å². The average Bonchev–Trinajstić information content (AvgIpc) is 2.76. The highest BCUT2D eigenvalue weighted by atomic mass is 32.2. The maximum atomic E-state index is 12.5. The van der Waals surface area contributed by atoms with Crippen LogP contribution >= 0.6 is 0 Å². The lowest BCUT2D eigenvalue weighted by Crippen LogP contribution is -2.22. The van der Waals surface area contributed by atoms with Crippen molar-refractivity contribution in [3.05, 3.63) is 59.9 Å². The Morgan fingerprint density at radius 1 is 1.19 bits per heavy atom. The van der Waals surface area contributed by atoms with Gasteiger partial charge in [0.1, 0.15) is 16.5 Å². The number of hydrogen-bond donors (Lipinski definition) is 3. The summed E-state index contributed by atoms with van der Waals surface area (Å²) < 4.78 is 51.2. The summed E-state index contributed by atoms with van der Waals surface area (Å²) in [4.78, 5) is 16.5. The predicted molar refractivity (Wildman–Crippen MR) is 116 cm³/mol. The van der Waals surface area contributed by atoms with E-state index in [9.17, 15) is 13.2 Å². The number of ether oxygens (including phenoxy) is 1. The van der Waals surface area contributed by atoms with Crippen molar-refractivity contribution in [3.63, 3.8) is 0 Å². The molecule has 162 valence electrons. The molecule has 11 heteroatoms. The molecule has 3 rings (SSSR count). The third-order valence-corrected chi connectivity index (χ3v) is 5.31. The summed E-state index contributed by atoms with van der Waals surface area (Å²) in [5.41, 5.74) is 0.569. The van der Waals surface area contributed by atoms with Crippen molar-refractivity contribution in [2.75, 3.05) is 31.0 Å². The Kier molecular flexibility index (Phi) is 5.47. The molecule has 3 aromatic rings. The van der Waals surface area contributed by atoms with Crippen molar-refractivity contribution >= 4 is 33.1 Å². The standard InChI is InChI=1S/C20H22N6O4S/c1-21-20(27)18-15(24-19-16(31(3,28)29)5-4-10-22-19)11-17(25-26-18)23-12-13-6-8-14(30-2)9-7-13/h4-11H,12H2,1-3H3,(H,21,27)(H2,22,23,24,25)/i1D3. The second-order valence-electron chi connectivity index (χ2n) is 6.39. The van der Waals surface area contributed by atoms with E-state index >= 15 is 0 Å². The zero-order valence-corrected chi connectivity index (χ0v) is 17.5. The van der Waals surface area contributed by atoms with Gasteiger partial charge in [-0.3, -0.25) is 4.79 Å². The van der Waals surface area contributed by atoms with Crippen molar-refractivity contribution in [1.82, 2.24) is 20.5 Å². The number of amides is 1. The van der Waals surface area contributed by atoms with Gasteiger partial charge in [0.05, 0.1) is 12.8 Å². The van der Waals surface area contributed by atoms with Crippen molar-refractivity contribution in [3.8, 4) is 5.75 Å². The number of sulfone groups is 1. The first kappa shape index (κ1) is 18.1. The first-order valence-corrected chi connectivity index (χ1v) is 10.8. The molecule has 0 aliphatic heterocycles. The number of rotatable bonds is 8. The van der Waals surface area contributed by atoms with Crippen LogP contribution in [0.2, 0.25) is 0 Å². The van der Waals surface area contributed by atoms with Gasteiger partial charge < -0.3 is 20.7 Å². The Balaban J connectivity index is 1.94. The number of anilines is 3. The highest BCUT2D eigenvalue weighted by Crippen LogP contribution is 2.25. The van der Waals surface area contributed by atoms with Gasteiger partial charge in [0, 0.05) is 36.2 Å². The summed E-state index contributed by atoms with van der Waals surface area (Å²) in [7, 11) is -2.09. The Morgan fingerprint density at radius 3 is 2.65 bits per heavy atom. The van der Waals surface area contributed by atoms with Crippen molar-refractivity contribution in [2.45, 2.75) is 11.4 Å². The normalized spacial score (nSPS) is 12.8. The van der Waals surface area contributed by atoms with E-state index in [-0.39, 0.29) is 27.9 Å². The lowest BCUT2D eigenvalue weighted by Gasteiger charge is -2.14. The Hall–Kier alpha value is -3.73. The maximum absolute atomic E-state index is 12.5. The molecular weight excluding hydrogens is 420 g/mol. The summed E-state index contributed by atoms with van der Waals surface area (Å²) in [5, 5.41) is 15.5. The van der Waals surface area contributed by atoms with Crippen molar-refractivity contribution < 1.29 is 22.1 Å². The van der Waals surface area contributed by atoms with E-state index in [1.807, 2.05) is 17.4 Å². The number of pyridine rings is 1. The van der Waals surface area contributed by atoms with Crippen LogP contribution in [0.25, 0.3) is 0 Å². The number of aromatic nitrogens is 3. The number of carbonyl (C=O) groups excluding carboxylic acids is 1. The van der Waals surface area contributed by atoms with Gasteiger partial charge in [-0.15, -0.1) is 10.2 Å². The van der Waals surface area contributed by atoms with Crippen molar-refractivity contribution in [1.29, 1.82) is 0 Å². The minimum absolute atomic E-state index is 0.0116. The van der Waals surface area contributed by atoms with E-state index in [0.717, 1.165) is 11.8 Å².